The number of rotatable bonds is 10. The quantitative estimate of drug-likeness (QED) is 0.176. The molecule has 3 aromatic carbocycles. The van der Waals surface area contributed by atoms with E-state index in [1.54, 1.807) is 11.1 Å². The number of halogens is 1. The van der Waals surface area contributed by atoms with Crippen LogP contribution in [0, 0.1) is 0 Å². The molecule has 312 valence electrons. The van der Waals surface area contributed by atoms with Crippen molar-refractivity contribution in [1.29, 1.82) is 0 Å². The number of fused-ring (bicyclic) bond motifs is 1. The van der Waals surface area contributed by atoms with Gasteiger partial charge in [-0.3, -0.25) is 24.5 Å². The highest BCUT2D eigenvalue weighted by Crippen LogP contribution is 2.35. The summed E-state index contributed by atoms with van der Waals surface area (Å²) in [4.78, 5) is 68.7. The summed E-state index contributed by atoms with van der Waals surface area (Å²) in [6, 6.07) is 24.9. The third-order valence-corrected chi connectivity index (χ3v) is 13.7. The van der Waals surface area contributed by atoms with Crippen molar-refractivity contribution in [3.63, 3.8) is 0 Å². The first-order valence-electron chi connectivity index (χ1n) is 21.7. The molecule has 9 rings (SSSR count). The van der Waals surface area contributed by atoms with Crippen LogP contribution in [0.5, 0.6) is 0 Å². The molecule has 0 radical (unpaired) electrons. The molecule has 4 saturated heterocycles. The lowest BCUT2D eigenvalue weighted by Gasteiger charge is -2.42. The van der Waals surface area contributed by atoms with E-state index in [9.17, 15) is 19.2 Å². The largest absolute Gasteiger partial charge is 0.351 e. The van der Waals surface area contributed by atoms with E-state index in [4.69, 9.17) is 16.6 Å². The number of hydrogen-bond acceptors (Lipinski definition) is 9. The molecule has 4 aromatic rings. The number of carbonyl (C=O) groups excluding carboxylic acids is 4. The van der Waals surface area contributed by atoms with E-state index in [0.29, 0.717) is 53.6 Å². The Kier molecular flexibility index (Phi) is 12.0. The Morgan fingerprint density at radius 3 is 2.32 bits per heavy atom. The molecule has 4 fully saturated rings. The Morgan fingerprint density at radius 1 is 0.800 bits per heavy atom. The van der Waals surface area contributed by atoms with Gasteiger partial charge in [0.15, 0.2) is 0 Å². The second-order valence-electron chi connectivity index (χ2n) is 17.1. The number of nitrogens with zero attached hydrogens (tertiary/aromatic N) is 6. The smallest absolute Gasteiger partial charge is 0.255 e. The maximum atomic E-state index is 13.3. The lowest BCUT2D eigenvalue weighted by Crippen LogP contribution is -2.52. The van der Waals surface area contributed by atoms with Gasteiger partial charge in [-0.15, -0.1) is 0 Å². The van der Waals surface area contributed by atoms with Crippen LogP contribution >= 0.6 is 11.6 Å². The van der Waals surface area contributed by atoms with E-state index < -0.39 is 6.04 Å². The summed E-state index contributed by atoms with van der Waals surface area (Å²) in [6.07, 6.45) is 8.96. The summed E-state index contributed by atoms with van der Waals surface area (Å²) in [5.74, 6) is 0.478. The van der Waals surface area contributed by atoms with Crippen LogP contribution in [-0.2, 0) is 20.9 Å². The van der Waals surface area contributed by atoms with Gasteiger partial charge in [0.05, 0.1) is 16.9 Å². The maximum Gasteiger partial charge on any atom is 0.255 e. The molecule has 1 aromatic heterocycles. The number of carbonyl (C=O) groups is 4. The van der Waals surface area contributed by atoms with E-state index in [0.717, 1.165) is 107 Å². The molecular formula is C47H53ClN8O4. The Hall–Kier alpha value is -5.17. The number of amides is 4. The zero-order valence-corrected chi connectivity index (χ0v) is 34.8. The molecule has 13 heteroatoms. The minimum atomic E-state index is -0.587. The van der Waals surface area contributed by atoms with Crippen LogP contribution in [0.3, 0.4) is 0 Å². The molecule has 1 unspecified atom stereocenters. The number of benzene rings is 3. The second kappa shape index (κ2) is 17.8. The standard InChI is InChI=1S/C47H53ClN8O4/c48-40-29-49-47(52-44(40)35-8-4-7-33(27-35)31-5-2-1-3-6-31)50-37-15-25-55(26-16-37)43(58)19-22-53-20-17-38(18-21-53)54-23-13-32(14-24-54)34-9-10-39-36(28-34)30-56(46(39)60)41-11-12-42(57)51-45(41)59/h1-10,27-29,32,37-38,41H,11-26,30H2,(H,49,50,52)(H,51,57,59). The molecule has 1 atom stereocenters. The normalized spacial score (nSPS) is 21.3. The number of nitrogens with one attached hydrogen (secondary N) is 2. The van der Waals surface area contributed by atoms with Gasteiger partial charge in [-0.25, -0.2) is 9.97 Å². The van der Waals surface area contributed by atoms with Gasteiger partial charge in [-0.2, -0.15) is 0 Å². The summed E-state index contributed by atoms with van der Waals surface area (Å²) in [5.41, 5.74) is 6.81. The lowest BCUT2D eigenvalue weighted by atomic mass is 9.86. The average Bonchev–Trinajstić information content (AvgIpc) is 3.61. The van der Waals surface area contributed by atoms with E-state index in [1.165, 1.54) is 5.56 Å². The maximum absolute atomic E-state index is 13.3. The van der Waals surface area contributed by atoms with E-state index in [-0.39, 0.29) is 36.1 Å². The second-order valence-corrected chi connectivity index (χ2v) is 17.5. The van der Waals surface area contributed by atoms with Gasteiger partial charge >= 0.3 is 0 Å². The molecule has 0 spiro atoms. The Morgan fingerprint density at radius 2 is 1.55 bits per heavy atom. The van der Waals surface area contributed by atoms with Crippen LogP contribution in [0.4, 0.5) is 5.95 Å². The van der Waals surface area contributed by atoms with Crippen molar-refractivity contribution in [1.82, 2.24) is 34.9 Å². The number of aromatic nitrogens is 2. The van der Waals surface area contributed by atoms with Gasteiger partial charge in [0.2, 0.25) is 23.7 Å². The fourth-order valence-corrected chi connectivity index (χ4v) is 10.1. The Labute approximate surface area is 356 Å². The van der Waals surface area contributed by atoms with Crippen LogP contribution in [0.15, 0.2) is 79.0 Å². The number of anilines is 1. The first-order valence-corrected chi connectivity index (χ1v) is 22.1. The summed E-state index contributed by atoms with van der Waals surface area (Å²) < 4.78 is 0. The molecule has 0 saturated carbocycles. The van der Waals surface area contributed by atoms with E-state index in [2.05, 4.69) is 61.8 Å². The lowest BCUT2D eigenvalue weighted by molar-refractivity contribution is -0.137. The van der Waals surface area contributed by atoms with Crippen molar-refractivity contribution in [2.75, 3.05) is 51.1 Å². The Bertz CT molecular complexity index is 2230. The summed E-state index contributed by atoms with van der Waals surface area (Å²) >= 11 is 6.60. The first-order chi connectivity index (χ1) is 29.3. The van der Waals surface area contributed by atoms with Gasteiger partial charge in [-0.05, 0) is 111 Å². The van der Waals surface area contributed by atoms with Crippen molar-refractivity contribution in [3.8, 4) is 22.4 Å². The molecule has 2 N–H and O–H groups in total. The monoisotopic (exact) mass is 828 g/mol. The van der Waals surface area contributed by atoms with Gasteiger partial charge in [0, 0.05) is 62.2 Å². The van der Waals surface area contributed by atoms with Crippen LogP contribution in [-0.4, -0.2) is 117 Å². The van der Waals surface area contributed by atoms with E-state index in [1.807, 2.05) is 41.3 Å². The average molecular weight is 829 g/mol. The van der Waals surface area contributed by atoms with Gasteiger partial charge in [-0.1, -0.05) is 72.3 Å². The van der Waals surface area contributed by atoms with Crippen molar-refractivity contribution in [3.05, 3.63) is 101 Å². The van der Waals surface area contributed by atoms with Gasteiger partial charge in [0.25, 0.3) is 5.91 Å². The van der Waals surface area contributed by atoms with Crippen LogP contribution in [0.25, 0.3) is 22.4 Å². The van der Waals surface area contributed by atoms with Crippen molar-refractivity contribution in [2.45, 2.75) is 88.4 Å². The molecule has 0 bridgehead atoms. The molecule has 5 aliphatic rings. The SMILES string of the molecule is O=C1CCC(N2Cc3cc(C4CCN(C5CCN(CCC(=O)N6CCC(Nc7ncc(Cl)c(-c8cccc(-c9ccccc9)c8)n7)CC6)CC5)CC4)ccc3C2=O)C(=O)N1. The Balaban J connectivity index is 0.688. The summed E-state index contributed by atoms with van der Waals surface area (Å²) in [7, 11) is 0. The zero-order valence-electron chi connectivity index (χ0n) is 34.0. The highest BCUT2D eigenvalue weighted by molar-refractivity contribution is 6.33. The number of hydrogen-bond donors (Lipinski definition) is 2. The van der Waals surface area contributed by atoms with E-state index >= 15 is 0 Å². The van der Waals surface area contributed by atoms with Crippen LogP contribution in [0.2, 0.25) is 5.02 Å². The molecular weight excluding hydrogens is 776 g/mol. The van der Waals surface area contributed by atoms with Gasteiger partial charge < -0.3 is 24.9 Å². The predicted octanol–water partition coefficient (Wildman–Crippen LogP) is 6.36. The molecule has 4 amide bonds. The number of likely N-dealkylation sites (tertiary alicyclic amines) is 3. The zero-order chi connectivity index (χ0) is 41.2. The van der Waals surface area contributed by atoms with Crippen molar-refractivity contribution in [2.24, 2.45) is 0 Å². The number of imide groups is 1. The molecule has 6 heterocycles. The van der Waals surface area contributed by atoms with Crippen LogP contribution in [0.1, 0.15) is 85.2 Å². The summed E-state index contributed by atoms with van der Waals surface area (Å²) in [5, 5.41) is 6.41. The molecule has 12 nitrogen and oxygen atoms in total. The number of piperidine rings is 4. The molecule has 0 aliphatic carbocycles. The van der Waals surface area contributed by atoms with Gasteiger partial charge in [0.1, 0.15) is 6.04 Å². The van der Waals surface area contributed by atoms with Crippen molar-refractivity contribution >= 4 is 41.2 Å². The third-order valence-electron chi connectivity index (χ3n) is 13.4. The molecule has 60 heavy (non-hydrogen) atoms. The third kappa shape index (κ3) is 8.82. The molecule has 5 aliphatic heterocycles. The van der Waals surface area contributed by atoms with Crippen molar-refractivity contribution < 1.29 is 19.2 Å². The van der Waals surface area contributed by atoms with Crippen LogP contribution < -0.4 is 10.6 Å². The summed E-state index contributed by atoms with van der Waals surface area (Å²) in [6.45, 7) is 6.83. The topological polar surface area (TPSA) is 131 Å². The fourth-order valence-electron chi connectivity index (χ4n) is 9.94. The minimum absolute atomic E-state index is 0.118. The minimum Gasteiger partial charge on any atom is -0.351 e. The highest BCUT2D eigenvalue weighted by Gasteiger charge is 2.39. The fraction of sp³-hybridized carbons (Fsp3) is 0.447. The predicted molar refractivity (Wildman–Crippen MR) is 231 cm³/mol. The first kappa shape index (κ1) is 40.2. The highest BCUT2D eigenvalue weighted by atomic mass is 35.5.